The Morgan fingerprint density at radius 2 is 1.95 bits per heavy atom. The van der Waals surface area contributed by atoms with Gasteiger partial charge in [0.25, 0.3) is 0 Å². The minimum atomic E-state index is -0.708. The van der Waals surface area contributed by atoms with Crippen LogP contribution in [0.3, 0.4) is 0 Å². The van der Waals surface area contributed by atoms with Gasteiger partial charge in [0.2, 0.25) is 0 Å². The molecule has 1 aliphatic carbocycles. The van der Waals surface area contributed by atoms with Gasteiger partial charge in [-0.15, -0.1) is 23.5 Å². The van der Waals surface area contributed by atoms with Crippen molar-refractivity contribution in [1.82, 2.24) is 0 Å². The largest absolute Gasteiger partial charge is 0.481 e. The Morgan fingerprint density at radius 1 is 1.26 bits per heavy atom. The molecule has 19 heavy (non-hydrogen) atoms. The molecule has 5 heteroatoms. The summed E-state index contributed by atoms with van der Waals surface area (Å²) in [6, 6.07) is 8.26. The molecule has 2 rings (SSSR count). The molecular weight excluding hydrogens is 344 g/mol. The second-order valence-corrected chi connectivity index (χ2v) is 7.98. The first-order valence-electron chi connectivity index (χ1n) is 6.41. The Balaban J connectivity index is 1.99. The van der Waals surface area contributed by atoms with Crippen LogP contribution < -0.4 is 0 Å². The highest BCUT2D eigenvalue weighted by atomic mass is 79.9. The minimum Gasteiger partial charge on any atom is -0.481 e. The highest BCUT2D eigenvalue weighted by Crippen LogP contribution is 2.41. The van der Waals surface area contributed by atoms with E-state index in [9.17, 15) is 4.79 Å². The van der Waals surface area contributed by atoms with Gasteiger partial charge < -0.3 is 5.11 Å². The number of carboxylic acids is 1. The molecule has 0 radical (unpaired) electrons. The van der Waals surface area contributed by atoms with E-state index >= 15 is 0 Å². The van der Waals surface area contributed by atoms with E-state index in [-0.39, 0.29) is 5.75 Å². The molecule has 0 bridgehead atoms. The minimum absolute atomic E-state index is 0.220. The fourth-order valence-electron chi connectivity index (χ4n) is 2.27. The average Bonchev–Trinajstić information content (AvgIpc) is 2.40. The van der Waals surface area contributed by atoms with Gasteiger partial charge in [-0.25, -0.2) is 0 Å². The lowest BCUT2D eigenvalue weighted by molar-refractivity contribution is -0.133. The van der Waals surface area contributed by atoms with Crippen LogP contribution in [-0.4, -0.2) is 27.3 Å². The van der Waals surface area contributed by atoms with Crippen molar-refractivity contribution in [3.05, 3.63) is 28.7 Å². The van der Waals surface area contributed by atoms with Crippen LogP contribution in [0.4, 0.5) is 0 Å². The van der Waals surface area contributed by atoms with Crippen molar-refractivity contribution in [2.75, 3.05) is 5.75 Å². The summed E-state index contributed by atoms with van der Waals surface area (Å²) in [7, 11) is 0. The summed E-state index contributed by atoms with van der Waals surface area (Å²) in [5, 5.41) is 9.81. The van der Waals surface area contributed by atoms with E-state index in [0.29, 0.717) is 10.5 Å². The quantitative estimate of drug-likeness (QED) is 0.827. The van der Waals surface area contributed by atoms with Crippen LogP contribution in [0.2, 0.25) is 0 Å². The van der Waals surface area contributed by atoms with Gasteiger partial charge in [0, 0.05) is 19.9 Å². The van der Waals surface area contributed by atoms with Gasteiger partial charge in [0.15, 0.2) is 0 Å². The molecule has 0 unspecified atom stereocenters. The lowest BCUT2D eigenvalue weighted by Crippen LogP contribution is -2.25. The summed E-state index contributed by atoms with van der Waals surface area (Å²) in [5.74, 6) is -0.488. The first-order chi connectivity index (χ1) is 9.16. The van der Waals surface area contributed by atoms with Crippen LogP contribution in [0.5, 0.6) is 0 Å². The van der Waals surface area contributed by atoms with Gasteiger partial charge in [-0.05, 0) is 40.9 Å². The second-order valence-electron chi connectivity index (χ2n) is 4.61. The van der Waals surface area contributed by atoms with Crippen LogP contribution in [-0.2, 0) is 4.79 Å². The fraction of sp³-hybridized carbons (Fsp3) is 0.500. The molecule has 1 N–H and O–H groups in total. The molecule has 0 aromatic heterocycles. The number of carboxylic acid groups (broad SMARTS) is 1. The van der Waals surface area contributed by atoms with E-state index in [0.717, 1.165) is 10.9 Å². The van der Waals surface area contributed by atoms with Gasteiger partial charge in [-0.3, -0.25) is 4.79 Å². The van der Waals surface area contributed by atoms with Crippen molar-refractivity contribution >= 4 is 45.4 Å². The molecule has 1 fully saturated rings. The fourth-order valence-corrected chi connectivity index (χ4v) is 5.51. The number of hydrogen-bond donors (Lipinski definition) is 1. The van der Waals surface area contributed by atoms with Crippen molar-refractivity contribution in [3.63, 3.8) is 0 Å². The first kappa shape index (κ1) is 15.3. The first-order valence-corrected chi connectivity index (χ1v) is 9.13. The van der Waals surface area contributed by atoms with E-state index in [2.05, 4.69) is 34.1 Å². The lowest BCUT2D eigenvalue weighted by atomic mass is 10.00. The van der Waals surface area contributed by atoms with Crippen molar-refractivity contribution in [2.24, 2.45) is 0 Å². The monoisotopic (exact) mass is 360 g/mol. The maximum atomic E-state index is 10.7. The predicted octanol–water partition coefficient (Wildman–Crippen LogP) is 4.67. The highest BCUT2D eigenvalue weighted by molar-refractivity contribution is 9.10. The van der Waals surface area contributed by atoms with E-state index in [1.807, 2.05) is 17.8 Å². The number of halogens is 1. The van der Waals surface area contributed by atoms with Gasteiger partial charge in [-0.1, -0.05) is 25.0 Å². The van der Waals surface area contributed by atoms with E-state index < -0.39 is 5.97 Å². The molecule has 2 atom stereocenters. The molecule has 1 saturated carbocycles. The van der Waals surface area contributed by atoms with Crippen LogP contribution in [0.15, 0.2) is 33.6 Å². The van der Waals surface area contributed by atoms with Gasteiger partial charge >= 0.3 is 5.97 Å². The van der Waals surface area contributed by atoms with Crippen LogP contribution in [0, 0.1) is 0 Å². The molecular formula is C14H17BrO2S2. The molecule has 1 aromatic carbocycles. The number of hydrogen-bond acceptors (Lipinski definition) is 3. The standard InChI is InChI=1S/C14H17BrO2S2/c15-10-5-1-2-6-11(10)19-13-8-4-3-7-12(13)18-9-14(16)17/h1-2,5-6,12-13H,3-4,7-9H2,(H,16,17)/t12-,13-/m1/s1. The Morgan fingerprint density at radius 3 is 2.63 bits per heavy atom. The number of aliphatic carboxylic acids is 1. The molecule has 1 aromatic rings. The zero-order valence-electron chi connectivity index (χ0n) is 10.5. The van der Waals surface area contributed by atoms with E-state index in [1.165, 1.54) is 24.2 Å². The van der Waals surface area contributed by atoms with Crippen molar-refractivity contribution < 1.29 is 9.90 Å². The predicted molar refractivity (Wildman–Crippen MR) is 86.1 cm³/mol. The Kier molecular flexibility index (Phi) is 6.10. The molecule has 0 amide bonds. The molecule has 104 valence electrons. The van der Waals surface area contributed by atoms with E-state index in [4.69, 9.17) is 5.11 Å². The maximum absolute atomic E-state index is 10.7. The summed E-state index contributed by atoms with van der Waals surface area (Å²) in [4.78, 5) is 12.0. The molecule has 0 heterocycles. The third-order valence-corrected chi connectivity index (χ3v) is 7.19. The number of carbonyl (C=O) groups is 1. The highest BCUT2D eigenvalue weighted by Gasteiger charge is 2.27. The average molecular weight is 361 g/mol. The Bertz CT molecular complexity index is 439. The molecule has 1 aliphatic rings. The van der Waals surface area contributed by atoms with Crippen molar-refractivity contribution in [1.29, 1.82) is 0 Å². The molecule has 2 nitrogen and oxygen atoms in total. The zero-order valence-corrected chi connectivity index (χ0v) is 13.8. The Labute approximate surface area is 130 Å². The second kappa shape index (κ2) is 7.60. The molecule has 0 spiro atoms. The van der Waals surface area contributed by atoms with Crippen LogP contribution in [0.1, 0.15) is 25.7 Å². The normalized spacial score (nSPS) is 23.2. The summed E-state index contributed by atoms with van der Waals surface area (Å²) in [6.45, 7) is 0. The summed E-state index contributed by atoms with van der Waals surface area (Å²) in [5.41, 5.74) is 0. The molecule has 0 saturated heterocycles. The maximum Gasteiger partial charge on any atom is 0.313 e. The van der Waals surface area contributed by atoms with Crippen molar-refractivity contribution in [3.8, 4) is 0 Å². The lowest BCUT2D eigenvalue weighted by Gasteiger charge is -2.30. The smallest absolute Gasteiger partial charge is 0.313 e. The van der Waals surface area contributed by atoms with E-state index in [1.54, 1.807) is 11.8 Å². The zero-order chi connectivity index (χ0) is 13.7. The van der Waals surface area contributed by atoms with Gasteiger partial charge in [-0.2, -0.15) is 0 Å². The van der Waals surface area contributed by atoms with Crippen LogP contribution in [0.25, 0.3) is 0 Å². The number of thioether (sulfide) groups is 2. The van der Waals surface area contributed by atoms with Crippen LogP contribution >= 0.6 is 39.5 Å². The third kappa shape index (κ3) is 4.72. The molecule has 0 aliphatic heterocycles. The van der Waals surface area contributed by atoms with Gasteiger partial charge in [0.1, 0.15) is 0 Å². The summed E-state index contributed by atoms with van der Waals surface area (Å²) in [6.07, 6.45) is 4.81. The van der Waals surface area contributed by atoms with Crippen molar-refractivity contribution in [2.45, 2.75) is 41.1 Å². The summed E-state index contributed by atoms with van der Waals surface area (Å²) >= 11 is 7.08. The number of benzene rings is 1. The summed E-state index contributed by atoms with van der Waals surface area (Å²) < 4.78 is 1.13. The Hall–Kier alpha value is -0.130. The van der Waals surface area contributed by atoms with Gasteiger partial charge in [0.05, 0.1) is 5.75 Å². The third-order valence-electron chi connectivity index (χ3n) is 3.18. The topological polar surface area (TPSA) is 37.3 Å². The SMILES string of the molecule is O=C(O)CS[C@@H]1CCCC[C@H]1Sc1ccccc1Br. The number of rotatable bonds is 5.